The number of aromatic nitrogens is 1. The first-order valence-corrected chi connectivity index (χ1v) is 7.67. The Kier molecular flexibility index (Phi) is 3.79. The van der Waals surface area contributed by atoms with E-state index in [2.05, 4.69) is 0 Å². The Hall–Kier alpha value is -2.58. The van der Waals surface area contributed by atoms with Crippen LogP contribution in [-0.4, -0.2) is 21.9 Å². The molecule has 5 nitrogen and oxygen atoms in total. The second-order valence-electron chi connectivity index (χ2n) is 6.24. The summed E-state index contributed by atoms with van der Waals surface area (Å²) in [5.41, 5.74) is -0.593. The number of nitrogens with one attached hydrogen (secondary N) is 1. The van der Waals surface area contributed by atoms with Crippen LogP contribution in [0, 0.1) is 0 Å². The van der Waals surface area contributed by atoms with Crippen LogP contribution in [0.1, 0.15) is 27.7 Å². The van der Waals surface area contributed by atoms with E-state index in [1.807, 2.05) is 5.48 Å². The number of halogens is 3. The van der Waals surface area contributed by atoms with Crippen molar-refractivity contribution < 1.29 is 25.9 Å². The quantitative estimate of drug-likeness (QED) is 0.814. The standard InChI is InChI=1S/C18H17F3N2O3/c1-17(2)13(10-22-25)16(23-8-4-3-5-15(23)24)12-9-11(18(19,20)21)6-7-14(12)26-17/h3-9,22,25H,10H2,1-2H3/i3T,8T. The van der Waals surface area contributed by atoms with Gasteiger partial charge in [0.05, 0.1) is 14.0 Å². The summed E-state index contributed by atoms with van der Waals surface area (Å²) in [6, 6.07) is 4.76. The molecule has 1 aromatic heterocycles. The zero-order valence-corrected chi connectivity index (χ0v) is 13.9. The van der Waals surface area contributed by atoms with Crippen LogP contribution in [0.25, 0.3) is 5.70 Å². The van der Waals surface area contributed by atoms with Gasteiger partial charge in [-0.15, -0.1) is 0 Å². The third kappa shape index (κ3) is 3.13. The van der Waals surface area contributed by atoms with Crippen molar-refractivity contribution in [3.63, 3.8) is 0 Å². The van der Waals surface area contributed by atoms with Crippen molar-refractivity contribution in [2.24, 2.45) is 0 Å². The summed E-state index contributed by atoms with van der Waals surface area (Å²) in [4.78, 5) is 12.6. The van der Waals surface area contributed by atoms with E-state index in [4.69, 9.17) is 7.48 Å². The van der Waals surface area contributed by atoms with Crippen LogP contribution in [0.4, 0.5) is 13.2 Å². The first-order valence-electron chi connectivity index (χ1n) is 8.67. The summed E-state index contributed by atoms with van der Waals surface area (Å²) in [5, 5.41) is 9.25. The lowest BCUT2D eigenvalue weighted by atomic mass is 9.88. The molecule has 0 atom stereocenters. The molecule has 26 heavy (non-hydrogen) atoms. The van der Waals surface area contributed by atoms with E-state index < -0.39 is 22.9 Å². The predicted molar refractivity (Wildman–Crippen MR) is 89.0 cm³/mol. The van der Waals surface area contributed by atoms with Gasteiger partial charge in [0.25, 0.3) is 5.56 Å². The third-order valence-corrected chi connectivity index (χ3v) is 4.12. The molecule has 0 fully saturated rings. The third-order valence-electron chi connectivity index (χ3n) is 4.12. The van der Waals surface area contributed by atoms with Crippen molar-refractivity contribution in [3.05, 3.63) is 69.6 Å². The molecule has 1 aliphatic rings. The average molecular weight is 370 g/mol. The SMILES string of the molecule is [3H]c1cc([3H])n(C2=C(CNO)C(C)(C)Oc3ccc(C(F)(F)F)cc32)c(=O)c1. The van der Waals surface area contributed by atoms with Gasteiger partial charge in [-0.05, 0) is 38.1 Å². The normalized spacial score (nSPS) is 17.3. The van der Waals surface area contributed by atoms with Crippen molar-refractivity contribution >= 4 is 5.70 Å². The van der Waals surface area contributed by atoms with Crippen LogP contribution < -0.4 is 15.8 Å². The molecule has 0 amide bonds. The summed E-state index contributed by atoms with van der Waals surface area (Å²) in [5.74, 6) is 0.107. The van der Waals surface area contributed by atoms with E-state index >= 15 is 0 Å². The molecular formula is C18H17F3N2O3. The molecule has 0 saturated carbocycles. The van der Waals surface area contributed by atoms with Gasteiger partial charge in [0, 0.05) is 29.9 Å². The summed E-state index contributed by atoms with van der Waals surface area (Å²) in [6.45, 7) is 3.05. The minimum atomic E-state index is -4.62. The fourth-order valence-corrected chi connectivity index (χ4v) is 2.91. The molecular weight excluding hydrogens is 349 g/mol. The molecule has 1 aliphatic heterocycles. The van der Waals surface area contributed by atoms with E-state index in [1.165, 1.54) is 0 Å². The number of nitrogens with zero attached hydrogens (tertiary/aromatic N) is 1. The summed E-state index contributed by atoms with van der Waals surface area (Å²) in [6.07, 6.45) is -4.99. The van der Waals surface area contributed by atoms with E-state index in [-0.39, 0.29) is 41.3 Å². The Bertz CT molecular complexity index is 1030. The highest BCUT2D eigenvalue weighted by atomic mass is 19.4. The van der Waals surface area contributed by atoms with Crippen molar-refractivity contribution in [1.29, 1.82) is 0 Å². The number of fused-ring (bicyclic) bond motifs is 1. The maximum Gasteiger partial charge on any atom is 0.416 e. The number of hydrogen-bond acceptors (Lipinski definition) is 4. The van der Waals surface area contributed by atoms with Gasteiger partial charge in [0.1, 0.15) is 11.4 Å². The fourth-order valence-electron chi connectivity index (χ4n) is 2.91. The van der Waals surface area contributed by atoms with Gasteiger partial charge in [-0.2, -0.15) is 13.2 Å². The number of hydrogen-bond donors (Lipinski definition) is 2. The van der Waals surface area contributed by atoms with Crippen LogP contribution in [0.3, 0.4) is 0 Å². The topological polar surface area (TPSA) is 63.5 Å². The van der Waals surface area contributed by atoms with Crippen LogP contribution in [0.2, 0.25) is 0 Å². The van der Waals surface area contributed by atoms with Gasteiger partial charge < -0.3 is 9.94 Å². The number of pyridine rings is 1. The Labute approximate surface area is 150 Å². The van der Waals surface area contributed by atoms with E-state index in [9.17, 15) is 23.2 Å². The van der Waals surface area contributed by atoms with Crippen LogP contribution >= 0.6 is 0 Å². The molecule has 2 N–H and O–H groups in total. The smallest absolute Gasteiger partial charge is 0.416 e. The van der Waals surface area contributed by atoms with E-state index in [1.54, 1.807) is 13.8 Å². The Morgan fingerprint density at radius 3 is 2.69 bits per heavy atom. The number of benzene rings is 1. The Balaban J connectivity index is 2.43. The molecule has 138 valence electrons. The Morgan fingerprint density at radius 1 is 1.35 bits per heavy atom. The largest absolute Gasteiger partial charge is 0.483 e. The van der Waals surface area contributed by atoms with Gasteiger partial charge in [-0.3, -0.25) is 9.36 Å². The van der Waals surface area contributed by atoms with Gasteiger partial charge in [0.2, 0.25) is 0 Å². The molecule has 0 saturated heterocycles. The molecule has 0 spiro atoms. The number of hydroxylamine groups is 1. The molecule has 2 heterocycles. The molecule has 2 aromatic rings. The van der Waals surface area contributed by atoms with E-state index in [0.29, 0.717) is 0 Å². The van der Waals surface area contributed by atoms with Crippen molar-refractivity contribution in [3.8, 4) is 5.75 Å². The molecule has 1 aromatic carbocycles. The first kappa shape index (κ1) is 15.7. The summed E-state index contributed by atoms with van der Waals surface area (Å²) < 4.78 is 62.2. The molecule has 0 aliphatic carbocycles. The molecule has 3 rings (SSSR count). The lowest BCUT2D eigenvalue weighted by Crippen LogP contribution is -2.41. The molecule has 0 unspecified atom stereocenters. The summed E-state index contributed by atoms with van der Waals surface area (Å²) in [7, 11) is 0. The zero-order valence-electron chi connectivity index (χ0n) is 15.9. The van der Waals surface area contributed by atoms with Crippen LogP contribution in [0.15, 0.2) is 52.9 Å². The minimum Gasteiger partial charge on any atom is -0.483 e. The second-order valence-corrected chi connectivity index (χ2v) is 6.24. The lowest BCUT2D eigenvalue weighted by Gasteiger charge is -2.37. The highest BCUT2D eigenvalue weighted by Crippen LogP contribution is 2.43. The maximum absolute atomic E-state index is 13.3. The van der Waals surface area contributed by atoms with Gasteiger partial charge in [0.15, 0.2) is 0 Å². The van der Waals surface area contributed by atoms with Gasteiger partial charge in [-0.25, -0.2) is 5.48 Å². The van der Waals surface area contributed by atoms with Crippen molar-refractivity contribution in [2.45, 2.75) is 25.6 Å². The monoisotopic (exact) mass is 370 g/mol. The number of rotatable bonds is 3. The fraction of sp³-hybridized carbons (Fsp3) is 0.278. The van der Waals surface area contributed by atoms with Gasteiger partial charge in [-0.1, -0.05) is 6.04 Å². The van der Waals surface area contributed by atoms with Crippen molar-refractivity contribution in [1.82, 2.24) is 10.0 Å². The zero-order chi connectivity index (χ0) is 20.9. The van der Waals surface area contributed by atoms with Crippen molar-refractivity contribution in [2.75, 3.05) is 6.54 Å². The summed E-state index contributed by atoms with van der Waals surface area (Å²) >= 11 is 0. The Morgan fingerprint density at radius 2 is 2.08 bits per heavy atom. The second kappa shape index (κ2) is 6.30. The van der Waals surface area contributed by atoms with E-state index in [0.717, 1.165) is 34.9 Å². The molecule has 0 radical (unpaired) electrons. The van der Waals surface area contributed by atoms with Crippen LogP contribution in [0.5, 0.6) is 5.75 Å². The minimum absolute atomic E-state index is 0.00824. The molecule has 8 heteroatoms. The lowest BCUT2D eigenvalue weighted by molar-refractivity contribution is -0.137. The number of alkyl halides is 3. The highest BCUT2D eigenvalue weighted by molar-refractivity contribution is 5.77. The van der Waals surface area contributed by atoms with Gasteiger partial charge >= 0.3 is 6.18 Å². The highest BCUT2D eigenvalue weighted by Gasteiger charge is 2.38. The number of ether oxygens (including phenoxy) is 1. The average Bonchev–Trinajstić information content (AvgIpc) is 2.55. The first-order chi connectivity index (χ1) is 13.0. The maximum atomic E-state index is 13.3. The molecule has 0 bridgehead atoms. The van der Waals surface area contributed by atoms with Crippen LogP contribution in [-0.2, 0) is 6.18 Å². The predicted octanol–water partition coefficient (Wildman–Crippen LogP) is 3.28.